The zero-order chi connectivity index (χ0) is 22.9. The molecular weight excluding hydrogens is 477 g/mol. The van der Waals surface area contributed by atoms with E-state index in [-0.39, 0.29) is 5.91 Å². The van der Waals surface area contributed by atoms with Crippen molar-refractivity contribution in [3.63, 3.8) is 0 Å². The fourth-order valence-electron chi connectivity index (χ4n) is 3.84. The summed E-state index contributed by atoms with van der Waals surface area (Å²) in [5, 5.41) is 1.83. The highest BCUT2D eigenvalue weighted by Gasteiger charge is 2.29. The summed E-state index contributed by atoms with van der Waals surface area (Å²) in [6, 6.07) is 17.5. The molecule has 33 heavy (non-hydrogen) atoms. The predicted octanol–water partition coefficient (Wildman–Crippen LogP) is 6.35. The molecule has 0 aliphatic carbocycles. The molecule has 0 atom stereocenters. The molecule has 0 bridgehead atoms. The Kier molecular flexibility index (Phi) is 6.23. The van der Waals surface area contributed by atoms with E-state index >= 15 is 0 Å². The molecule has 1 amide bonds. The number of aryl methyl sites for hydroxylation is 1. The van der Waals surface area contributed by atoms with Gasteiger partial charge in [0.1, 0.15) is 11.5 Å². The fraction of sp³-hybridized carbons (Fsp3) is 0.200. The van der Waals surface area contributed by atoms with Crippen LogP contribution in [0.3, 0.4) is 0 Å². The maximum atomic E-state index is 12.5. The number of furan rings is 1. The first-order chi connectivity index (χ1) is 16.0. The highest BCUT2D eigenvalue weighted by atomic mass is 35.5. The van der Waals surface area contributed by atoms with E-state index < -0.39 is 0 Å². The van der Waals surface area contributed by atoms with Gasteiger partial charge in [-0.15, -0.1) is 0 Å². The molecule has 0 unspecified atom stereocenters. The number of nitrogens with zero attached hydrogens (tertiary/aromatic N) is 3. The lowest BCUT2D eigenvalue weighted by Crippen LogP contribution is -2.47. The van der Waals surface area contributed by atoms with Gasteiger partial charge in [-0.3, -0.25) is 4.79 Å². The first kappa shape index (κ1) is 22.1. The number of carbonyl (C=O) groups is 1. The average Bonchev–Trinajstić information content (AvgIpc) is 3.41. The summed E-state index contributed by atoms with van der Waals surface area (Å²) in [6.45, 7) is 5.51. The van der Waals surface area contributed by atoms with Crippen LogP contribution in [0.5, 0.6) is 0 Å². The smallest absolute Gasteiger partial charge is 0.286 e. The van der Waals surface area contributed by atoms with Crippen molar-refractivity contribution in [2.24, 2.45) is 4.99 Å². The van der Waals surface area contributed by atoms with Gasteiger partial charge in [-0.1, -0.05) is 40.9 Å². The molecule has 1 fully saturated rings. The molecule has 168 valence electrons. The van der Waals surface area contributed by atoms with Gasteiger partial charge in [0.05, 0.1) is 9.93 Å². The number of piperazine rings is 1. The molecular formula is C25H21Cl2N3O2S. The first-order valence-electron chi connectivity index (χ1n) is 10.6. The van der Waals surface area contributed by atoms with Crippen LogP contribution >= 0.6 is 35.0 Å². The van der Waals surface area contributed by atoms with Gasteiger partial charge in [-0.25, -0.2) is 0 Å². The second kappa shape index (κ2) is 9.29. The Hall–Kier alpha value is -2.67. The molecule has 2 aromatic carbocycles. The number of hydrogen-bond acceptors (Lipinski definition) is 5. The Balaban J connectivity index is 1.24. The minimum Gasteiger partial charge on any atom is -0.457 e. The second-order valence-electron chi connectivity index (χ2n) is 7.95. The Morgan fingerprint density at radius 2 is 1.70 bits per heavy atom. The van der Waals surface area contributed by atoms with Crippen LogP contribution in [0, 0.1) is 6.92 Å². The number of hydrogen-bond donors (Lipinski definition) is 0. The molecule has 3 heterocycles. The molecule has 3 aromatic rings. The minimum atomic E-state index is -0.238. The van der Waals surface area contributed by atoms with Crippen LogP contribution in [-0.2, 0) is 4.79 Å². The molecule has 0 radical (unpaired) electrons. The summed E-state index contributed by atoms with van der Waals surface area (Å²) in [5.41, 5.74) is 3.23. The lowest BCUT2D eigenvalue weighted by molar-refractivity contribution is -0.113. The molecule has 0 N–H and O–H groups in total. The van der Waals surface area contributed by atoms with E-state index in [0.29, 0.717) is 26.5 Å². The minimum absolute atomic E-state index is 0.238. The van der Waals surface area contributed by atoms with Crippen molar-refractivity contribution in [3.05, 3.63) is 80.9 Å². The third-order valence-electron chi connectivity index (χ3n) is 5.66. The standard InChI is InChI=1S/C25H21Cl2N3O2S/c1-16-2-5-18(6-3-16)29-10-12-30(13-11-29)25-28-24(31)23(33-25)15-19-7-9-22(32-19)20-8-4-17(26)14-21(20)27/h2-9,14-15H,10-13H2,1H3/b23-15+. The van der Waals surface area contributed by atoms with Gasteiger partial charge in [-0.05, 0) is 61.2 Å². The summed E-state index contributed by atoms with van der Waals surface area (Å²) < 4.78 is 5.91. The maximum Gasteiger partial charge on any atom is 0.286 e. The number of rotatable bonds is 3. The Bertz CT molecular complexity index is 1260. The summed E-state index contributed by atoms with van der Waals surface area (Å²) in [4.78, 5) is 21.9. The normalized spacial score (nSPS) is 17.7. The van der Waals surface area contributed by atoms with E-state index in [9.17, 15) is 4.79 Å². The zero-order valence-electron chi connectivity index (χ0n) is 17.9. The molecule has 1 aromatic heterocycles. The summed E-state index contributed by atoms with van der Waals surface area (Å²) in [5.74, 6) is 0.957. The summed E-state index contributed by atoms with van der Waals surface area (Å²) in [6.07, 6.45) is 1.74. The molecule has 0 saturated carbocycles. The van der Waals surface area contributed by atoms with Gasteiger partial charge in [-0.2, -0.15) is 4.99 Å². The molecule has 2 aliphatic rings. The monoisotopic (exact) mass is 497 g/mol. The van der Waals surface area contributed by atoms with Crippen LogP contribution in [0.4, 0.5) is 5.69 Å². The third kappa shape index (κ3) is 4.83. The average molecular weight is 498 g/mol. The van der Waals surface area contributed by atoms with Crippen LogP contribution in [0.2, 0.25) is 10.0 Å². The molecule has 5 rings (SSSR count). The molecule has 5 nitrogen and oxygen atoms in total. The van der Waals surface area contributed by atoms with Crippen molar-refractivity contribution in [2.45, 2.75) is 6.92 Å². The topological polar surface area (TPSA) is 49.0 Å². The Morgan fingerprint density at radius 1 is 0.970 bits per heavy atom. The van der Waals surface area contributed by atoms with Crippen molar-refractivity contribution in [3.8, 4) is 11.3 Å². The van der Waals surface area contributed by atoms with Gasteiger partial charge in [0.15, 0.2) is 5.17 Å². The van der Waals surface area contributed by atoms with Gasteiger partial charge in [0.2, 0.25) is 0 Å². The van der Waals surface area contributed by atoms with Crippen LogP contribution in [0.1, 0.15) is 11.3 Å². The predicted molar refractivity (Wildman–Crippen MR) is 137 cm³/mol. The number of benzene rings is 2. The number of carbonyl (C=O) groups excluding carboxylic acids is 1. The van der Waals surface area contributed by atoms with Gasteiger partial charge < -0.3 is 14.2 Å². The van der Waals surface area contributed by atoms with Crippen LogP contribution < -0.4 is 4.90 Å². The van der Waals surface area contributed by atoms with Crippen molar-refractivity contribution in [1.82, 2.24) is 4.90 Å². The Labute approximate surface area is 206 Å². The van der Waals surface area contributed by atoms with E-state index in [2.05, 4.69) is 46.0 Å². The highest BCUT2D eigenvalue weighted by Crippen LogP contribution is 2.34. The van der Waals surface area contributed by atoms with Crippen molar-refractivity contribution in [2.75, 3.05) is 31.1 Å². The molecule has 8 heteroatoms. The van der Waals surface area contributed by atoms with E-state index in [0.717, 1.165) is 36.9 Å². The van der Waals surface area contributed by atoms with Gasteiger partial charge >= 0.3 is 0 Å². The number of amidine groups is 1. The number of halogens is 2. The first-order valence-corrected chi connectivity index (χ1v) is 12.2. The maximum absolute atomic E-state index is 12.5. The SMILES string of the molecule is Cc1ccc(N2CCN(C3=NC(=O)/C(=C\c4ccc(-c5ccc(Cl)cc5Cl)o4)S3)CC2)cc1. The quantitative estimate of drug-likeness (QED) is 0.394. The van der Waals surface area contributed by atoms with Crippen molar-refractivity contribution >= 4 is 57.8 Å². The summed E-state index contributed by atoms with van der Waals surface area (Å²) >= 11 is 13.7. The van der Waals surface area contributed by atoms with Crippen LogP contribution in [-0.4, -0.2) is 42.2 Å². The highest BCUT2D eigenvalue weighted by molar-refractivity contribution is 8.18. The number of anilines is 1. The molecule has 0 spiro atoms. The fourth-order valence-corrected chi connectivity index (χ4v) is 5.29. The van der Waals surface area contributed by atoms with Crippen LogP contribution in [0.15, 0.2) is 68.9 Å². The van der Waals surface area contributed by atoms with E-state index in [4.69, 9.17) is 27.6 Å². The number of aliphatic imine (C=N–C) groups is 1. The van der Waals surface area contributed by atoms with Gasteiger partial charge in [0, 0.05) is 48.5 Å². The Morgan fingerprint density at radius 3 is 2.42 bits per heavy atom. The molecule has 1 saturated heterocycles. The van der Waals surface area contributed by atoms with Crippen molar-refractivity contribution in [1.29, 1.82) is 0 Å². The second-order valence-corrected chi connectivity index (χ2v) is 9.80. The van der Waals surface area contributed by atoms with Gasteiger partial charge in [0.25, 0.3) is 5.91 Å². The zero-order valence-corrected chi connectivity index (χ0v) is 20.3. The largest absolute Gasteiger partial charge is 0.457 e. The lowest BCUT2D eigenvalue weighted by Gasteiger charge is -2.36. The van der Waals surface area contributed by atoms with E-state index in [1.807, 2.05) is 18.2 Å². The lowest BCUT2D eigenvalue weighted by atomic mass is 10.2. The van der Waals surface area contributed by atoms with Crippen LogP contribution in [0.25, 0.3) is 17.4 Å². The van der Waals surface area contributed by atoms with Crippen molar-refractivity contribution < 1.29 is 9.21 Å². The molecule has 2 aliphatic heterocycles. The third-order valence-corrected chi connectivity index (χ3v) is 7.25. The van der Waals surface area contributed by atoms with E-state index in [1.54, 1.807) is 18.2 Å². The number of amides is 1. The van der Waals surface area contributed by atoms with E-state index in [1.165, 1.54) is 23.0 Å². The number of thioether (sulfide) groups is 1. The summed E-state index contributed by atoms with van der Waals surface area (Å²) in [7, 11) is 0.